The van der Waals surface area contributed by atoms with Gasteiger partial charge < -0.3 is 20.3 Å². The summed E-state index contributed by atoms with van der Waals surface area (Å²) in [6.07, 6.45) is 50.3. The van der Waals surface area contributed by atoms with Crippen molar-refractivity contribution in [2.45, 2.75) is 257 Å². The predicted octanol–water partition coefficient (Wildman–Crippen LogP) is 13.6. The van der Waals surface area contributed by atoms with Gasteiger partial charge in [0.1, 0.15) is 0 Å². The van der Waals surface area contributed by atoms with Gasteiger partial charge in [0.15, 0.2) is 0 Å². The van der Waals surface area contributed by atoms with Crippen molar-refractivity contribution in [2.24, 2.45) is 0 Å². The molecule has 0 aliphatic carbocycles. The normalized spacial score (nSPS) is 12.9. The van der Waals surface area contributed by atoms with Crippen LogP contribution in [0.1, 0.15) is 245 Å². The van der Waals surface area contributed by atoms with E-state index in [1.807, 2.05) is 6.08 Å². The summed E-state index contributed by atoms with van der Waals surface area (Å²) in [4.78, 5) is 24.3. The van der Waals surface area contributed by atoms with E-state index in [0.29, 0.717) is 19.4 Å². The highest BCUT2D eigenvalue weighted by molar-refractivity contribution is 5.76. The Labute approximate surface area is 335 Å². The third-order valence-corrected chi connectivity index (χ3v) is 10.7. The van der Waals surface area contributed by atoms with Gasteiger partial charge in [0.05, 0.1) is 25.4 Å². The number of carbonyl (C=O) groups is 2. The monoisotopic (exact) mass is 762 g/mol. The van der Waals surface area contributed by atoms with Crippen LogP contribution in [0.2, 0.25) is 0 Å². The van der Waals surface area contributed by atoms with Gasteiger partial charge in [-0.05, 0) is 51.4 Å². The van der Waals surface area contributed by atoms with Crippen LogP contribution < -0.4 is 5.32 Å². The first-order valence-electron chi connectivity index (χ1n) is 23.6. The van der Waals surface area contributed by atoms with E-state index >= 15 is 0 Å². The molecule has 318 valence electrons. The average molecular weight is 762 g/mol. The number of esters is 1. The van der Waals surface area contributed by atoms with Gasteiger partial charge in [-0.25, -0.2) is 0 Å². The molecule has 6 heteroatoms. The SMILES string of the molecule is CCCC/C=C\CCCCCCCC(=O)OCCCCCCCCCCCCCCCCCCC(=O)NC(CO)C(O)/C=C/CCCCCCCCCC. The number of nitrogens with one attached hydrogen (secondary N) is 1. The van der Waals surface area contributed by atoms with Crippen molar-refractivity contribution in [2.75, 3.05) is 13.2 Å². The Kier molecular flexibility index (Phi) is 42.7. The first-order chi connectivity index (χ1) is 26.5. The molecule has 0 fully saturated rings. The second kappa shape index (κ2) is 44.1. The molecule has 0 radical (unpaired) electrons. The molecule has 0 bridgehead atoms. The average Bonchev–Trinajstić information content (AvgIpc) is 3.17. The van der Waals surface area contributed by atoms with E-state index in [4.69, 9.17) is 4.74 Å². The van der Waals surface area contributed by atoms with Crippen LogP contribution in [0.25, 0.3) is 0 Å². The van der Waals surface area contributed by atoms with Gasteiger partial charge in [-0.1, -0.05) is 205 Å². The van der Waals surface area contributed by atoms with Crippen molar-refractivity contribution in [3.63, 3.8) is 0 Å². The summed E-state index contributed by atoms with van der Waals surface area (Å²) in [5, 5.41) is 22.9. The lowest BCUT2D eigenvalue weighted by Gasteiger charge is -2.20. The maximum Gasteiger partial charge on any atom is 0.305 e. The number of aliphatic hydroxyl groups is 2. The van der Waals surface area contributed by atoms with Gasteiger partial charge in [-0.15, -0.1) is 0 Å². The molecule has 0 aromatic rings. The standard InChI is InChI=1S/C48H91NO5/c1-3-5-7-9-11-13-21-26-30-34-38-42-48(53)54-43-39-35-31-27-23-20-18-16-15-17-19-22-25-29-33-37-41-47(52)49-45(44-50)46(51)40-36-32-28-24-14-12-10-8-6-4-2/h9,11,36,40,45-46,50-51H,3-8,10,12-35,37-39,41-44H2,1-2H3,(H,49,52)/b11-9-,40-36+. The zero-order chi connectivity index (χ0) is 39.4. The first-order valence-corrected chi connectivity index (χ1v) is 23.6. The molecule has 2 unspecified atom stereocenters. The molecule has 3 N–H and O–H groups in total. The molecule has 0 saturated carbocycles. The highest BCUT2D eigenvalue weighted by Crippen LogP contribution is 2.15. The fourth-order valence-electron chi connectivity index (χ4n) is 7.02. The summed E-state index contributed by atoms with van der Waals surface area (Å²) in [6.45, 7) is 4.82. The molecular formula is C48H91NO5. The number of aliphatic hydroxyl groups excluding tert-OH is 2. The van der Waals surface area contributed by atoms with Crippen molar-refractivity contribution < 1.29 is 24.5 Å². The molecule has 0 aromatic carbocycles. The van der Waals surface area contributed by atoms with Gasteiger partial charge in [-0.3, -0.25) is 9.59 Å². The highest BCUT2D eigenvalue weighted by Gasteiger charge is 2.18. The van der Waals surface area contributed by atoms with Crippen LogP contribution in [-0.2, 0) is 14.3 Å². The summed E-state index contributed by atoms with van der Waals surface area (Å²) in [7, 11) is 0. The molecule has 1 amide bonds. The number of carbonyl (C=O) groups excluding carboxylic acids is 2. The molecule has 0 rings (SSSR count). The second-order valence-electron chi connectivity index (χ2n) is 16.1. The largest absolute Gasteiger partial charge is 0.466 e. The number of amides is 1. The Bertz CT molecular complexity index is 843. The van der Waals surface area contributed by atoms with Crippen LogP contribution in [0.4, 0.5) is 0 Å². The molecule has 0 aliphatic rings. The van der Waals surface area contributed by atoms with E-state index < -0.39 is 12.1 Å². The molecule has 0 aromatic heterocycles. The summed E-state index contributed by atoms with van der Waals surface area (Å²) in [5.74, 6) is -0.0876. The number of rotatable bonds is 43. The second-order valence-corrected chi connectivity index (χ2v) is 16.1. The Morgan fingerprint density at radius 2 is 0.889 bits per heavy atom. The van der Waals surface area contributed by atoms with Gasteiger partial charge >= 0.3 is 5.97 Å². The summed E-state index contributed by atoms with van der Waals surface area (Å²) >= 11 is 0. The molecule has 0 spiro atoms. The summed E-state index contributed by atoms with van der Waals surface area (Å²) in [5.41, 5.74) is 0. The predicted molar refractivity (Wildman–Crippen MR) is 232 cm³/mol. The minimum absolute atomic E-state index is 0.00983. The zero-order valence-electron chi connectivity index (χ0n) is 36.0. The Hall–Kier alpha value is -1.66. The smallest absolute Gasteiger partial charge is 0.305 e. The fourth-order valence-corrected chi connectivity index (χ4v) is 7.02. The van der Waals surface area contributed by atoms with Crippen LogP contribution >= 0.6 is 0 Å². The van der Waals surface area contributed by atoms with Gasteiger partial charge in [0.2, 0.25) is 5.91 Å². The van der Waals surface area contributed by atoms with Crippen molar-refractivity contribution in [3.8, 4) is 0 Å². The number of hydrogen-bond donors (Lipinski definition) is 3. The van der Waals surface area contributed by atoms with Crippen LogP contribution in [0.15, 0.2) is 24.3 Å². The third-order valence-electron chi connectivity index (χ3n) is 10.7. The lowest BCUT2D eigenvalue weighted by atomic mass is 10.0. The van der Waals surface area contributed by atoms with E-state index in [0.717, 1.165) is 44.9 Å². The van der Waals surface area contributed by atoms with Crippen LogP contribution in [-0.4, -0.2) is 47.4 Å². The van der Waals surface area contributed by atoms with Gasteiger partial charge in [-0.2, -0.15) is 0 Å². The maximum absolute atomic E-state index is 12.4. The lowest BCUT2D eigenvalue weighted by molar-refractivity contribution is -0.143. The van der Waals surface area contributed by atoms with Gasteiger partial charge in [0, 0.05) is 12.8 Å². The Balaban J connectivity index is 3.45. The molecule has 54 heavy (non-hydrogen) atoms. The lowest BCUT2D eigenvalue weighted by Crippen LogP contribution is -2.45. The molecule has 6 nitrogen and oxygen atoms in total. The van der Waals surface area contributed by atoms with Crippen molar-refractivity contribution in [3.05, 3.63) is 24.3 Å². The molecular weight excluding hydrogens is 671 g/mol. The van der Waals surface area contributed by atoms with Crippen LogP contribution in [0.5, 0.6) is 0 Å². The zero-order valence-corrected chi connectivity index (χ0v) is 36.0. The first kappa shape index (κ1) is 52.3. The number of allylic oxidation sites excluding steroid dienone is 3. The van der Waals surface area contributed by atoms with E-state index in [-0.39, 0.29) is 18.5 Å². The third kappa shape index (κ3) is 40.0. The van der Waals surface area contributed by atoms with E-state index in [1.54, 1.807) is 6.08 Å². The highest BCUT2D eigenvalue weighted by atomic mass is 16.5. The van der Waals surface area contributed by atoms with E-state index in [2.05, 4.69) is 31.3 Å². The Morgan fingerprint density at radius 1 is 0.500 bits per heavy atom. The van der Waals surface area contributed by atoms with E-state index in [1.165, 1.54) is 173 Å². The number of unbranched alkanes of at least 4 members (excludes halogenated alkanes) is 30. The van der Waals surface area contributed by atoms with Crippen molar-refractivity contribution >= 4 is 11.9 Å². The van der Waals surface area contributed by atoms with Gasteiger partial charge in [0.25, 0.3) is 0 Å². The number of hydrogen-bond acceptors (Lipinski definition) is 5. The summed E-state index contributed by atoms with van der Waals surface area (Å²) in [6, 6.07) is -0.630. The quantitative estimate of drug-likeness (QED) is 0.0327. The molecule has 2 atom stereocenters. The van der Waals surface area contributed by atoms with Crippen molar-refractivity contribution in [1.29, 1.82) is 0 Å². The topological polar surface area (TPSA) is 95.9 Å². The fraction of sp³-hybridized carbons (Fsp3) is 0.875. The van der Waals surface area contributed by atoms with Crippen LogP contribution in [0.3, 0.4) is 0 Å². The van der Waals surface area contributed by atoms with Crippen LogP contribution in [0, 0.1) is 0 Å². The maximum atomic E-state index is 12.4. The Morgan fingerprint density at radius 3 is 1.37 bits per heavy atom. The van der Waals surface area contributed by atoms with Crippen molar-refractivity contribution in [1.82, 2.24) is 5.32 Å². The van der Waals surface area contributed by atoms with E-state index in [9.17, 15) is 19.8 Å². The molecule has 0 saturated heterocycles. The minimum Gasteiger partial charge on any atom is -0.466 e. The summed E-state index contributed by atoms with van der Waals surface area (Å²) < 4.78 is 5.44. The number of ether oxygens (including phenoxy) is 1. The minimum atomic E-state index is -0.846. The molecule has 0 heterocycles. The molecule has 0 aliphatic heterocycles.